The van der Waals surface area contributed by atoms with Crippen molar-refractivity contribution in [2.75, 3.05) is 13.7 Å². The Bertz CT molecular complexity index is 325. The minimum Gasteiger partial charge on any atom is -0.496 e. The van der Waals surface area contributed by atoms with Gasteiger partial charge in [0, 0.05) is 18.5 Å². The zero-order chi connectivity index (χ0) is 11.1. The summed E-state index contributed by atoms with van der Waals surface area (Å²) in [5.74, 6) is 0.588. The van der Waals surface area contributed by atoms with Crippen LogP contribution in [0.5, 0.6) is 5.75 Å². The largest absolute Gasteiger partial charge is 0.496 e. The van der Waals surface area contributed by atoms with Gasteiger partial charge in [0.25, 0.3) is 0 Å². The van der Waals surface area contributed by atoms with Crippen molar-refractivity contribution >= 4 is 5.91 Å². The molecular weight excluding hydrogens is 194 g/mol. The summed E-state index contributed by atoms with van der Waals surface area (Å²) in [5, 5.41) is 11.2. The number of benzene rings is 1. The van der Waals surface area contributed by atoms with Crippen molar-refractivity contribution in [1.82, 2.24) is 5.32 Å². The molecule has 0 aromatic heterocycles. The van der Waals surface area contributed by atoms with Gasteiger partial charge in [-0.25, -0.2) is 0 Å². The topological polar surface area (TPSA) is 58.6 Å². The van der Waals surface area contributed by atoms with Gasteiger partial charge in [0.05, 0.1) is 13.7 Å². The van der Waals surface area contributed by atoms with E-state index in [-0.39, 0.29) is 18.9 Å². The van der Waals surface area contributed by atoms with Gasteiger partial charge in [-0.2, -0.15) is 0 Å². The summed E-state index contributed by atoms with van der Waals surface area (Å²) in [6.07, 6.45) is 0.134. The van der Waals surface area contributed by atoms with E-state index in [0.29, 0.717) is 6.54 Å². The summed E-state index contributed by atoms with van der Waals surface area (Å²) in [5.41, 5.74) is 0.922. The third-order valence-corrected chi connectivity index (χ3v) is 2.01. The average molecular weight is 209 g/mol. The summed E-state index contributed by atoms with van der Waals surface area (Å²) in [4.78, 5) is 11.1. The molecule has 1 aromatic carbocycles. The van der Waals surface area contributed by atoms with Crippen molar-refractivity contribution in [3.63, 3.8) is 0 Å². The predicted octanol–water partition coefficient (Wildman–Crippen LogP) is 0.694. The Balaban J connectivity index is 2.53. The van der Waals surface area contributed by atoms with E-state index in [2.05, 4.69) is 5.32 Å². The van der Waals surface area contributed by atoms with Gasteiger partial charge in [-0.05, 0) is 6.07 Å². The second-order valence-corrected chi connectivity index (χ2v) is 3.06. The first-order chi connectivity index (χ1) is 7.27. The van der Waals surface area contributed by atoms with Crippen LogP contribution >= 0.6 is 0 Å². The molecule has 4 nitrogen and oxygen atoms in total. The van der Waals surface area contributed by atoms with Crippen LogP contribution in [-0.2, 0) is 11.3 Å². The molecule has 15 heavy (non-hydrogen) atoms. The molecule has 1 amide bonds. The zero-order valence-electron chi connectivity index (χ0n) is 8.69. The van der Waals surface area contributed by atoms with E-state index in [0.717, 1.165) is 11.3 Å². The van der Waals surface area contributed by atoms with Crippen LogP contribution in [0, 0.1) is 0 Å². The summed E-state index contributed by atoms with van der Waals surface area (Å²) in [7, 11) is 1.59. The highest BCUT2D eigenvalue weighted by Gasteiger charge is 2.03. The lowest BCUT2D eigenvalue weighted by atomic mass is 10.2. The molecule has 0 heterocycles. The van der Waals surface area contributed by atoms with Gasteiger partial charge in [-0.3, -0.25) is 4.79 Å². The molecule has 0 saturated carbocycles. The number of para-hydroxylation sites is 1. The molecule has 4 heteroatoms. The lowest BCUT2D eigenvalue weighted by Gasteiger charge is -2.08. The van der Waals surface area contributed by atoms with Crippen LogP contribution < -0.4 is 10.1 Å². The second-order valence-electron chi connectivity index (χ2n) is 3.06. The van der Waals surface area contributed by atoms with Crippen molar-refractivity contribution in [3.05, 3.63) is 29.8 Å². The molecule has 0 aliphatic heterocycles. The Labute approximate surface area is 88.9 Å². The van der Waals surface area contributed by atoms with Crippen LogP contribution in [0.1, 0.15) is 12.0 Å². The van der Waals surface area contributed by atoms with Crippen LogP contribution in [0.15, 0.2) is 24.3 Å². The standard InChI is InChI=1S/C11H15NO3/c1-15-10-5-3-2-4-9(10)8-12-11(14)6-7-13/h2-5,13H,6-8H2,1H3,(H,12,14). The van der Waals surface area contributed by atoms with Crippen LogP contribution in [0.25, 0.3) is 0 Å². The molecule has 0 fully saturated rings. The highest BCUT2D eigenvalue weighted by molar-refractivity contribution is 5.76. The van der Waals surface area contributed by atoms with Crippen LogP contribution in [0.3, 0.4) is 0 Å². The van der Waals surface area contributed by atoms with Gasteiger partial charge in [0.15, 0.2) is 0 Å². The fraction of sp³-hybridized carbons (Fsp3) is 0.364. The predicted molar refractivity (Wildman–Crippen MR) is 56.5 cm³/mol. The first kappa shape index (κ1) is 11.5. The third-order valence-electron chi connectivity index (χ3n) is 2.01. The number of carbonyl (C=O) groups is 1. The Hall–Kier alpha value is -1.55. The molecule has 0 aliphatic rings. The molecule has 1 aromatic rings. The monoisotopic (exact) mass is 209 g/mol. The third kappa shape index (κ3) is 3.59. The molecule has 82 valence electrons. The number of methoxy groups -OCH3 is 1. The maximum Gasteiger partial charge on any atom is 0.222 e. The molecule has 0 bridgehead atoms. The van der Waals surface area contributed by atoms with Crippen LogP contribution in [0.2, 0.25) is 0 Å². The Kier molecular flexibility index (Phi) is 4.63. The van der Waals surface area contributed by atoms with E-state index in [4.69, 9.17) is 9.84 Å². The van der Waals surface area contributed by atoms with Gasteiger partial charge in [-0.1, -0.05) is 18.2 Å². The van der Waals surface area contributed by atoms with Gasteiger partial charge in [0.2, 0.25) is 5.91 Å². The second kappa shape index (κ2) is 6.03. The molecule has 0 atom stereocenters. The van der Waals surface area contributed by atoms with E-state index in [9.17, 15) is 4.79 Å². The highest BCUT2D eigenvalue weighted by atomic mass is 16.5. The molecule has 0 saturated heterocycles. The van der Waals surface area contributed by atoms with Gasteiger partial charge in [0.1, 0.15) is 5.75 Å². The average Bonchev–Trinajstić information content (AvgIpc) is 2.27. The molecule has 0 radical (unpaired) electrons. The maximum absolute atomic E-state index is 11.1. The van der Waals surface area contributed by atoms with E-state index in [1.807, 2.05) is 24.3 Å². The van der Waals surface area contributed by atoms with Crippen molar-refractivity contribution in [2.45, 2.75) is 13.0 Å². The number of rotatable bonds is 5. The summed E-state index contributed by atoms with van der Waals surface area (Å²) >= 11 is 0. The molecule has 1 rings (SSSR count). The first-order valence-electron chi connectivity index (χ1n) is 4.77. The summed E-state index contributed by atoms with van der Waals surface area (Å²) < 4.78 is 5.14. The zero-order valence-corrected chi connectivity index (χ0v) is 8.69. The van der Waals surface area contributed by atoms with Crippen molar-refractivity contribution in [2.24, 2.45) is 0 Å². The van der Waals surface area contributed by atoms with Gasteiger partial charge in [-0.15, -0.1) is 0 Å². The molecule has 0 spiro atoms. The number of aliphatic hydroxyl groups excluding tert-OH is 1. The SMILES string of the molecule is COc1ccccc1CNC(=O)CCO. The number of hydrogen-bond donors (Lipinski definition) is 2. The lowest BCUT2D eigenvalue weighted by molar-refractivity contribution is -0.121. The normalized spacial score (nSPS) is 9.73. The Morgan fingerprint density at radius 3 is 2.87 bits per heavy atom. The number of hydrogen-bond acceptors (Lipinski definition) is 3. The van der Waals surface area contributed by atoms with Crippen LogP contribution in [0.4, 0.5) is 0 Å². The number of aliphatic hydroxyl groups is 1. The highest BCUT2D eigenvalue weighted by Crippen LogP contribution is 2.16. The van der Waals surface area contributed by atoms with E-state index >= 15 is 0 Å². The van der Waals surface area contributed by atoms with Crippen LogP contribution in [-0.4, -0.2) is 24.7 Å². The smallest absolute Gasteiger partial charge is 0.222 e. The van der Waals surface area contributed by atoms with Gasteiger partial charge < -0.3 is 15.2 Å². The minimum atomic E-state index is -0.164. The fourth-order valence-electron chi connectivity index (χ4n) is 1.23. The van der Waals surface area contributed by atoms with Crippen molar-refractivity contribution < 1.29 is 14.6 Å². The summed E-state index contributed by atoms with van der Waals surface area (Å²) in [6, 6.07) is 7.49. The molecule has 0 unspecified atom stereocenters. The fourth-order valence-corrected chi connectivity index (χ4v) is 1.23. The lowest BCUT2D eigenvalue weighted by Crippen LogP contribution is -2.23. The van der Waals surface area contributed by atoms with Crippen molar-refractivity contribution in [1.29, 1.82) is 0 Å². The van der Waals surface area contributed by atoms with Gasteiger partial charge >= 0.3 is 0 Å². The quantitative estimate of drug-likeness (QED) is 0.750. The Morgan fingerprint density at radius 1 is 1.47 bits per heavy atom. The minimum absolute atomic E-state index is 0.127. The molecule has 2 N–H and O–H groups in total. The summed E-state index contributed by atoms with van der Waals surface area (Å²) in [6.45, 7) is 0.292. The number of carbonyl (C=O) groups excluding carboxylic acids is 1. The number of ether oxygens (including phenoxy) is 1. The van der Waals surface area contributed by atoms with E-state index in [1.165, 1.54) is 0 Å². The van der Waals surface area contributed by atoms with E-state index in [1.54, 1.807) is 7.11 Å². The van der Waals surface area contributed by atoms with E-state index < -0.39 is 0 Å². The maximum atomic E-state index is 11.1. The molecule has 0 aliphatic carbocycles. The number of amides is 1. The van der Waals surface area contributed by atoms with Crippen molar-refractivity contribution in [3.8, 4) is 5.75 Å². The first-order valence-corrected chi connectivity index (χ1v) is 4.77. The molecular formula is C11H15NO3. The Morgan fingerprint density at radius 2 is 2.20 bits per heavy atom. The number of nitrogens with one attached hydrogen (secondary N) is 1.